The van der Waals surface area contributed by atoms with E-state index in [-0.39, 0.29) is 11.4 Å². The zero-order valence-corrected chi connectivity index (χ0v) is 22.4. The van der Waals surface area contributed by atoms with Crippen LogP contribution in [0.15, 0.2) is 60.8 Å². The molecule has 3 aromatic carbocycles. The van der Waals surface area contributed by atoms with Gasteiger partial charge in [0.1, 0.15) is 18.1 Å². The van der Waals surface area contributed by atoms with Crippen LogP contribution in [0.4, 0.5) is 0 Å². The molecular formula is C32H33N3O4. The Balaban J connectivity index is 1.14. The van der Waals surface area contributed by atoms with E-state index in [1.165, 1.54) is 25.7 Å². The Morgan fingerprint density at radius 2 is 1.85 bits per heavy atom. The summed E-state index contributed by atoms with van der Waals surface area (Å²) in [5, 5.41) is 5.79. The molecule has 7 nitrogen and oxygen atoms in total. The van der Waals surface area contributed by atoms with Gasteiger partial charge in [-0.15, -0.1) is 0 Å². The van der Waals surface area contributed by atoms with Crippen LogP contribution >= 0.6 is 0 Å². The average molecular weight is 524 g/mol. The number of nitrogens with zero attached hydrogens (tertiary/aromatic N) is 2. The van der Waals surface area contributed by atoms with Crippen LogP contribution in [0, 0.1) is 0 Å². The quantitative estimate of drug-likeness (QED) is 0.271. The molecule has 1 N–H and O–H groups in total. The van der Waals surface area contributed by atoms with Gasteiger partial charge in [-0.1, -0.05) is 12.1 Å². The predicted octanol–water partition coefficient (Wildman–Crippen LogP) is 6.09. The van der Waals surface area contributed by atoms with E-state index in [0.717, 1.165) is 34.5 Å². The van der Waals surface area contributed by atoms with Crippen LogP contribution in [0.2, 0.25) is 0 Å². The Hall–Kier alpha value is -3.84. The molecule has 1 amide bonds. The lowest BCUT2D eigenvalue weighted by atomic mass is 10.0. The maximum absolute atomic E-state index is 12.7. The second-order valence-electron chi connectivity index (χ2n) is 11.2. The molecule has 39 heavy (non-hydrogen) atoms. The highest BCUT2D eigenvalue weighted by atomic mass is 16.5. The summed E-state index contributed by atoms with van der Waals surface area (Å²) < 4.78 is 18.4. The third-order valence-corrected chi connectivity index (χ3v) is 8.39. The van der Waals surface area contributed by atoms with Crippen molar-refractivity contribution in [3.05, 3.63) is 66.4 Å². The van der Waals surface area contributed by atoms with Gasteiger partial charge < -0.3 is 19.5 Å². The number of methoxy groups -OCH3 is 1. The minimum atomic E-state index is -0.0196. The molecule has 3 aliphatic rings. The normalized spacial score (nSPS) is 17.8. The van der Waals surface area contributed by atoms with E-state index in [4.69, 9.17) is 14.2 Å². The number of likely N-dealkylation sites (N-methyl/N-ethyl adjacent to an activating group) is 1. The standard InChI is InChI=1S/C32H33N3O4/c1-35(22-8-9-22)32(13-14-32)19-38-30-18-27-26(17-29(30)37-2)28(12-15-33-27)39-23-10-11-24-20(16-23)4-3-5-25(24)31(36)34-21-6-7-21/h3-5,10-12,15-18,21-22H,6-9,13-14,19H2,1-2H3,(H,34,36). The van der Waals surface area contributed by atoms with Gasteiger partial charge in [0.15, 0.2) is 11.5 Å². The van der Waals surface area contributed by atoms with E-state index < -0.39 is 0 Å². The van der Waals surface area contributed by atoms with Crippen molar-refractivity contribution in [3.63, 3.8) is 0 Å². The first-order valence-corrected chi connectivity index (χ1v) is 13.9. The molecule has 3 fully saturated rings. The average Bonchev–Trinajstić information content (AvgIpc) is 3.81. The highest BCUT2D eigenvalue weighted by molar-refractivity contribution is 6.07. The van der Waals surface area contributed by atoms with Crippen molar-refractivity contribution in [3.8, 4) is 23.0 Å². The molecule has 4 aromatic rings. The minimum absolute atomic E-state index is 0.0196. The van der Waals surface area contributed by atoms with Gasteiger partial charge in [0.2, 0.25) is 0 Å². The molecule has 3 saturated carbocycles. The highest BCUT2D eigenvalue weighted by Gasteiger charge is 2.51. The third kappa shape index (κ3) is 4.76. The van der Waals surface area contributed by atoms with Gasteiger partial charge in [0, 0.05) is 35.3 Å². The zero-order chi connectivity index (χ0) is 26.6. The summed E-state index contributed by atoms with van der Waals surface area (Å²) >= 11 is 0. The molecule has 0 spiro atoms. The fraction of sp³-hybridized carbons (Fsp3) is 0.375. The van der Waals surface area contributed by atoms with Crippen LogP contribution < -0.4 is 19.5 Å². The lowest BCUT2D eigenvalue weighted by Crippen LogP contribution is -2.40. The number of ether oxygens (including phenoxy) is 3. The van der Waals surface area contributed by atoms with Crippen molar-refractivity contribution in [1.29, 1.82) is 0 Å². The van der Waals surface area contributed by atoms with Crippen LogP contribution in [-0.2, 0) is 0 Å². The van der Waals surface area contributed by atoms with Crippen LogP contribution in [0.25, 0.3) is 21.7 Å². The van der Waals surface area contributed by atoms with E-state index in [0.29, 0.717) is 47.3 Å². The lowest BCUT2D eigenvalue weighted by Gasteiger charge is -2.28. The van der Waals surface area contributed by atoms with Crippen molar-refractivity contribution < 1.29 is 19.0 Å². The molecule has 1 aromatic heterocycles. The SMILES string of the molecule is COc1cc2c(Oc3ccc4c(C(=O)NC5CC5)cccc4c3)ccnc2cc1OCC1(N(C)C2CC2)CC1. The number of hydrogen-bond acceptors (Lipinski definition) is 6. The molecule has 7 heteroatoms. The number of carbonyl (C=O) groups excluding carboxylic acids is 1. The van der Waals surface area contributed by atoms with Crippen LogP contribution in [0.3, 0.4) is 0 Å². The summed E-state index contributed by atoms with van der Waals surface area (Å²) in [4.78, 5) is 19.8. The Morgan fingerprint density at radius 1 is 1.00 bits per heavy atom. The fourth-order valence-corrected chi connectivity index (χ4v) is 5.44. The van der Waals surface area contributed by atoms with Gasteiger partial charge in [-0.3, -0.25) is 14.7 Å². The molecule has 0 atom stereocenters. The van der Waals surface area contributed by atoms with Gasteiger partial charge in [-0.2, -0.15) is 0 Å². The van der Waals surface area contributed by atoms with E-state index in [2.05, 4.69) is 22.2 Å². The van der Waals surface area contributed by atoms with E-state index in [1.54, 1.807) is 13.3 Å². The zero-order valence-electron chi connectivity index (χ0n) is 22.4. The van der Waals surface area contributed by atoms with Gasteiger partial charge in [0.25, 0.3) is 5.91 Å². The van der Waals surface area contributed by atoms with Gasteiger partial charge >= 0.3 is 0 Å². The summed E-state index contributed by atoms with van der Waals surface area (Å²) in [6, 6.07) is 18.4. The van der Waals surface area contributed by atoms with Crippen molar-refractivity contribution >= 4 is 27.6 Å². The predicted molar refractivity (Wildman–Crippen MR) is 151 cm³/mol. The van der Waals surface area contributed by atoms with Crippen molar-refractivity contribution in [2.75, 3.05) is 20.8 Å². The second-order valence-corrected chi connectivity index (χ2v) is 11.2. The molecular weight excluding hydrogens is 490 g/mol. The van der Waals surface area contributed by atoms with Crippen molar-refractivity contribution in [1.82, 2.24) is 15.2 Å². The van der Waals surface area contributed by atoms with Gasteiger partial charge in [-0.05, 0) is 92.7 Å². The Morgan fingerprint density at radius 3 is 2.59 bits per heavy atom. The summed E-state index contributed by atoms with van der Waals surface area (Å²) in [7, 11) is 3.89. The Labute approximate surface area is 228 Å². The Bertz CT molecular complexity index is 1570. The molecule has 0 radical (unpaired) electrons. The molecule has 1 heterocycles. The first-order valence-electron chi connectivity index (χ1n) is 13.9. The maximum atomic E-state index is 12.7. The first kappa shape index (κ1) is 24.2. The van der Waals surface area contributed by atoms with E-state index in [1.807, 2.05) is 54.6 Å². The minimum Gasteiger partial charge on any atom is -0.493 e. The summed E-state index contributed by atoms with van der Waals surface area (Å²) in [5.74, 6) is 2.71. The van der Waals surface area contributed by atoms with E-state index in [9.17, 15) is 4.79 Å². The number of benzene rings is 3. The number of fused-ring (bicyclic) bond motifs is 2. The van der Waals surface area contributed by atoms with Crippen LogP contribution in [0.1, 0.15) is 48.9 Å². The number of carbonyl (C=O) groups is 1. The second kappa shape index (κ2) is 9.42. The summed E-state index contributed by atoms with van der Waals surface area (Å²) in [6.07, 6.45) is 8.79. The van der Waals surface area contributed by atoms with Gasteiger partial charge in [0.05, 0.1) is 18.2 Å². The largest absolute Gasteiger partial charge is 0.493 e. The molecule has 0 unspecified atom stereocenters. The van der Waals surface area contributed by atoms with Crippen molar-refractivity contribution in [2.24, 2.45) is 0 Å². The smallest absolute Gasteiger partial charge is 0.252 e. The maximum Gasteiger partial charge on any atom is 0.252 e. The van der Waals surface area contributed by atoms with Crippen LogP contribution in [-0.4, -0.2) is 54.2 Å². The number of hydrogen-bond donors (Lipinski definition) is 1. The molecule has 200 valence electrons. The topological polar surface area (TPSA) is 72.9 Å². The number of rotatable bonds is 10. The molecule has 7 rings (SSSR count). The van der Waals surface area contributed by atoms with Crippen LogP contribution in [0.5, 0.6) is 23.0 Å². The molecule has 0 bridgehead atoms. The first-order chi connectivity index (χ1) is 19.0. The van der Waals surface area contributed by atoms with Crippen molar-refractivity contribution in [2.45, 2.75) is 56.1 Å². The van der Waals surface area contributed by atoms with Gasteiger partial charge in [-0.25, -0.2) is 0 Å². The van der Waals surface area contributed by atoms with E-state index >= 15 is 0 Å². The number of pyridine rings is 1. The molecule has 0 saturated heterocycles. The monoisotopic (exact) mass is 523 g/mol. The summed E-state index contributed by atoms with van der Waals surface area (Å²) in [5.41, 5.74) is 1.62. The third-order valence-electron chi connectivity index (χ3n) is 8.39. The summed E-state index contributed by atoms with van der Waals surface area (Å²) in [6.45, 7) is 0.649. The number of aromatic nitrogens is 1. The number of nitrogens with one attached hydrogen (secondary N) is 1. The lowest BCUT2D eigenvalue weighted by molar-refractivity contribution is 0.0952. The molecule has 3 aliphatic carbocycles. The number of amides is 1. The molecule has 0 aliphatic heterocycles. The Kier molecular flexibility index (Phi) is 5.85. The highest BCUT2D eigenvalue weighted by Crippen LogP contribution is 2.47. The fourth-order valence-electron chi connectivity index (χ4n) is 5.44.